The van der Waals surface area contributed by atoms with Gasteiger partial charge in [-0.1, -0.05) is 31.0 Å². The summed E-state index contributed by atoms with van der Waals surface area (Å²) in [4.78, 5) is 38.6. The third kappa shape index (κ3) is 4.14. The Morgan fingerprint density at radius 1 is 1.20 bits per heavy atom. The first-order valence-electron chi connectivity index (χ1n) is 9.73. The number of nitrogens with two attached hydrogens (primary N) is 2. The second-order valence-corrected chi connectivity index (χ2v) is 7.55. The van der Waals surface area contributed by atoms with Crippen LogP contribution in [0.2, 0.25) is 0 Å². The van der Waals surface area contributed by atoms with Crippen molar-refractivity contribution in [3.05, 3.63) is 48.3 Å². The first-order valence-corrected chi connectivity index (χ1v) is 9.73. The van der Waals surface area contributed by atoms with E-state index >= 15 is 0 Å². The highest BCUT2D eigenvalue weighted by molar-refractivity contribution is 5.98. The van der Waals surface area contributed by atoms with Crippen LogP contribution in [0.25, 0.3) is 10.9 Å². The van der Waals surface area contributed by atoms with Crippen molar-refractivity contribution in [1.82, 2.24) is 15.0 Å². The molecule has 1 unspecified atom stereocenters. The molecule has 1 saturated carbocycles. The Morgan fingerprint density at radius 3 is 2.67 bits per heavy atom. The number of hydrogen-bond donors (Lipinski definition) is 3. The molecule has 0 saturated heterocycles. The van der Waals surface area contributed by atoms with Gasteiger partial charge in [-0.2, -0.15) is 4.98 Å². The predicted octanol–water partition coefficient (Wildman–Crippen LogP) is 1.96. The quantitative estimate of drug-likeness (QED) is 0.520. The Labute approximate surface area is 173 Å². The molecule has 0 spiro atoms. The van der Waals surface area contributed by atoms with E-state index in [0.29, 0.717) is 18.0 Å². The first kappa shape index (κ1) is 19.6. The third-order valence-electron chi connectivity index (χ3n) is 5.26. The van der Waals surface area contributed by atoms with Gasteiger partial charge in [0.15, 0.2) is 0 Å². The zero-order chi connectivity index (χ0) is 21.3. The Morgan fingerprint density at radius 2 is 1.97 bits per heavy atom. The van der Waals surface area contributed by atoms with Gasteiger partial charge in [0.1, 0.15) is 17.4 Å². The molecule has 1 aromatic carbocycles. The fourth-order valence-electron chi connectivity index (χ4n) is 3.37. The van der Waals surface area contributed by atoms with Gasteiger partial charge in [-0.3, -0.25) is 14.6 Å². The molecule has 2 amide bonds. The highest BCUT2D eigenvalue weighted by Crippen LogP contribution is 2.35. The lowest BCUT2D eigenvalue weighted by molar-refractivity contribution is -0.119. The lowest BCUT2D eigenvalue weighted by atomic mass is 10.1. The van der Waals surface area contributed by atoms with Gasteiger partial charge in [-0.25, -0.2) is 4.98 Å². The second kappa shape index (κ2) is 7.94. The molecule has 1 aliphatic rings. The van der Waals surface area contributed by atoms with Gasteiger partial charge in [0.2, 0.25) is 11.9 Å². The highest BCUT2D eigenvalue weighted by atomic mass is 16.1. The van der Waals surface area contributed by atoms with Gasteiger partial charge in [-0.05, 0) is 24.5 Å². The lowest BCUT2D eigenvalue weighted by Crippen LogP contribution is -2.44. The molecule has 3 aromatic rings. The van der Waals surface area contributed by atoms with E-state index in [9.17, 15) is 9.59 Å². The normalized spacial score (nSPS) is 14.3. The fraction of sp³-hybridized carbons (Fsp3) is 0.286. The van der Waals surface area contributed by atoms with Crippen LogP contribution in [0.1, 0.15) is 29.6 Å². The van der Waals surface area contributed by atoms with E-state index in [1.807, 2.05) is 30.3 Å². The number of likely N-dealkylation sites (N-methyl/N-ethyl adjacent to an activating group) is 1. The Kier molecular flexibility index (Phi) is 5.18. The molecule has 9 nitrogen and oxygen atoms in total. The number of anilines is 3. The van der Waals surface area contributed by atoms with E-state index in [-0.39, 0.29) is 17.3 Å². The van der Waals surface area contributed by atoms with Crippen LogP contribution in [0.3, 0.4) is 0 Å². The van der Waals surface area contributed by atoms with E-state index in [4.69, 9.17) is 11.5 Å². The minimum absolute atomic E-state index is 0.137. The summed E-state index contributed by atoms with van der Waals surface area (Å²) in [6, 6.07) is 9.07. The van der Waals surface area contributed by atoms with E-state index in [1.54, 1.807) is 18.1 Å². The van der Waals surface area contributed by atoms with Crippen LogP contribution >= 0.6 is 0 Å². The zero-order valence-electron chi connectivity index (χ0n) is 16.6. The van der Waals surface area contributed by atoms with Crippen LogP contribution in [-0.2, 0) is 4.79 Å². The predicted molar refractivity (Wildman–Crippen MR) is 114 cm³/mol. The molecular formula is C21H23N7O2. The lowest BCUT2D eigenvalue weighted by Gasteiger charge is -2.26. The topological polar surface area (TPSA) is 140 Å². The summed E-state index contributed by atoms with van der Waals surface area (Å²) in [7, 11) is 1.72. The number of nitrogens with one attached hydrogen (secondary N) is 1. The van der Waals surface area contributed by atoms with Crippen LogP contribution in [0.15, 0.2) is 42.7 Å². The number of amides is 2. The summed E-state index contributed by atoms with van der Waals surface area (Å²) >= 11 is 0. The molecule has 2 heterocycles. The van der Waals surface area contributed by atoms with Crippen LogP contribution in [0.4, 0.5) is 17.5 Å². The smallest absolute Gasteiger partial charge is 0.254 e. The van der Waals surface area contributed by atoms with E-state index < -0.39 is 17.9 Å². The summed E-state index contributed by atoms with van der Waals surface area (Å²) in [5.41, 5.74) is 12.8. The number of hydrogen-bond acceptors (Lipinski definition) is 7. The second-order valence-electron chi connectivity index (χ2n) is 7.55. The molecule has 154 valence electrons. The van der Waals surface area contributed by atoms with E-state index in [0.717, 1.165) is 23.7 Å². The minimum Gasteiger partial charge on any atom is -0.368 e. The maximum Gasteiger partial charge on any atom is 0.254 e. The molecule has 1 fully saturated rings. The Balaban J connectivity index is 1.66. The summed E-state index contributed by atoms with van der Waals surface area (Å²) in [6.45, 7) is 0. The molecule has 5 N–H and O–H groups in total. The fourth-order valence-corrected chi connectivity index (χ4v) is 3.37. The Bertz CT molecular complexity index is 1110. The molecular weight excluding hydrogens is 382 g/mol. The number of pyridine rings is 1. The van der Waals surface area contributed by atoms with Crippen molar-refractivity contribution in [2.45, 2.75) is 25.3 Å². The van der Waals surface area contributed by atoms with Gasteiger partial charge in [-0.15, -0.1) is 0 Å². The number of nitrogens with zero attached hydrogens (tertiary/aromatic N) is 4. The highest BCUT2D eigenvalue weighted by Gasteiger charge is 2.32. The van der Waals surface area contributed by atoms with Crippen LogP contribution in [-0.4, -0.2) is 39.9 Å². The van der Waals surface area contributed by atoms with Crippen molar-refractivity contribution in [3.8, 4) is 0 Å². The minimum atomic E-state index is -0.662. The van der Waals surface area contributed by atoms with Crippen LogP contribution < -0.4 is 21.7 Å². The number of primary amides is 2. The van der Waals surface area contributed by atoms with Gasteiger partial charge in [0.05, 0.1) is 17.4 Å². The molecule has 0 bridgehead atoms. The van der Waals surface area contributed by atoms with Crippen molar-refractivity contribution >= 4 is 40.2 Å². The number of carbonyl (C=O) groups is 2. The van der Waals surface area contributed by atoms with Gasteiger partial charge < -0.3 is 21.7 Å². The summed E-state index contributed by atoms with van der Waals surface area (Å²) in [5, 5.41) is 4.04. The van der Waals surface area contributed by atoms with Gasteiger partial charge in [0.25, 0.3) is 5.91 Å². The monoisotopic (exact) mass is 405 g/mol. The molecule has 2 aromatic heterocycles. The average Bonchev–Trinajstić information content (AvgIpc) is 3.55. The number of benzene rings is 1. The average molecular weight is 405 g/mol. The third-order valence-corrected chi connectivity index (χ3v) is 5.26. The van der Waals surface area contributed by atoms with E-state index in [2.05, 4.69) is 20.3 Å². The number of aromatic nitrogens is 3. The van der Waals surface area contributed by atoms with Crippen molar-refractivity contribution in [1.29, 1.82) is 0 Å². The van der Waals surface area contributed by atoms with Gasteiger partial charge in [0, 0.05) is 18.6 Å². The number of rotatable bonds is 8. The first-order chi connectivity index (χ1) is 14.4. The molecule has 4 rings (SSSR count). The van der Waals surface area contributed by atoms with Crippen molar-refractivity contribution < 1.29 is 9.59 Å². The zero-order valence-corrected chi connectivity index (χ0v) is 16.6. The van der Waals surface area contributed by atoms with Gasteiger partial charge >= 0.3 is 0 Å². The Hall–Kier alpha value is -3.75. The molecule has 30 heavy (non-hydrogen) atoms. The molecule has 1 atom stereocenters. The number of fused-ring (bicyclic) bond motifs is 1. The van der Waals surface area contributed by atoms with Crippen molar-refractivity contribution in [3.63, 3.8) is 0 Å². The van der Waals surface area contributed by atoms with Crippen molar-refractivity contribution in [2.24, 2.45) is 17.4 Å². The molecule has 9 heteroatoms. The molecule has 0 aliphatic heterocycles. The maximum atomic E-state index is 12.0. The molecule has 0 radical (unpaired) electrons. The van der Waals surface area contributed by atoms with Crippen molar-refractivity contribution in [2.75, 3.05) is 17.3 Å². The van der Waals surface area contributed by atoms with E-state index in [1.165, 1.54) is 6.20 Å². The van der Waals surface area contributed by atoms with Crippen LogP contribution in [0.5, 0.6) is 0 Å². The SMILES string of the molecule is CN(c1ncc(C(N)=O)c(Nc2cnc3ccccc3c2)n1)C(CC1CC1)C(N)=O. The summed E-state index contributed by atoms with van der Waals surface area (Å²) in [5.74, 6) is -0.0759. The summed E-state index contributed by atoms with van der Waals surface area (Å²) < 4.78 is 0. The molecule has 1 aliphatic carbocycles. The van der Waals surface area contributed by atoms with Crippen LogP contribution in [0, 0.1) is 5.92 Å². The maximum absolute atomic E-state index is 12.0. The summed E-state index contributed by atoms with van der Waals surface area (Å²) in [6.07, 6.45) is 5.86. The largest absolute Gasteiger partial charge is 0.368 e. The number of para-hydroxylation sites is 1. The standard InChI is InChI=1S/C21H23N7O2/c1-28(17(19(23)30)8-12-6-7-12)21-25-11-15(18(22)29)20(27-21)26-14-9-13-4-2-3-5-16(13)24-10-14/h2-5,9-12,17H,6-8H2,1H3,(H2,22,29)(H2,23,30)(H,25,26,27). The number of carbonyl (C=O) groups excluding carboxylic acids is 2.